The summed E-state index contributed by atoms with van der Waals surface area (Å²) in [7, 11) is 0. The predicted octanol–water partition coefficient (Wildman–Crippen LogP) is 3.55. The number of benzene rings is 1. The molecule has 2 heteroatoms. The van der Waals surface area contributed by atoms with E-state index in [1.54, 1.807) is 0 Å². The molecule has 1 aromatic rings. The molecule has 0 saturated heterocycles. The van der Waals surface area contributed by atoms with Gasteiger partial charge in [0.15, 0.2) is 0 Å². The molecule has 1 aromatic carbocycles. The maximum absolute atomic E-state index is 8.92. The van der Waals surface area contributed by atoms with E-state index in [1.807, 2.05) is 24.3 Å². The highest BCUT2D eigenvalue weighted by Gasteiger charge is 2.04. The van der Waals surface area contributed by atoms with Crippen LogP contribution >= 0.6 is 0 Å². The monoisotopic (exact) mass is 202 g/mol. The van der Waals surface area contributed by atoms with Crippen LogP contribution < -0.4 is 5.32 Å². The van der Waals surface area contributed by atoms with Gasteiger partial charge in [-0.15, -0.1) is 0 Å². The zero-order chi connectivity index (χ0) is 11.1. The number of nitrogens with one attached hydrogen (secondary N) is 1. The Hall–Kier alpha value is -1.49. The summed E-state index contributed by atoms with van der Waals surface area (Å²) in [5.41, 5.74) is 1.67. The van der Waals surface area contributed by atoms with Crippen LogP contribution in [0, 0.1) is 11.3 Å². The molecule has 0 aliphatic carbocycles. The second-order valence-corrected chi connectivity index (χ2v) is 3.85. The van der Waals surface area contributed by atoms with Crippen LogP contribution in [0.3, 0.4) is 0 Å². The van der Waals surface area contributed by atoms with Crippen LogP contribution in [0.15, 0.2) is 24.3 Å². The summed E-state index contributed by atoms with van der Waals surface area (Å²) in [5.74, 6) is 0. The van der Waals surface area contributed by atoms with Gasteiger partial charge in [0.05, 0.1) is 11.3 Å². The van der Waals surface area contributed by atoms with E-state index in [4.69, 9.17) is 5.26 Å². The van der Waals surface area contributed by atoms with Crippen molar-refractivity contribution < 1.29 is 0 Å². The topological polar surface area (TPSA) is 35.8 Å². The van der Waals surface area contributed by atoms with E-state index in [1.165, 1.54) is 12.8 Å². The Kier molecular flexibility index (Phi) is 4.70. The number of anilines is 1. The van der Waals surface area contributed by atoms with Crippen LogP contribution in [-0.4, -0.2) is 6.04 Å². The third kappa shape index (κ3) is 3.63. The van der Waals surface area contributed by atoms with Crippen LogP contribution in [-0.2, 0) is 0 Å². The molecule has 0 spiro atoms. The summed E-state index contributed by atoms with van der Waals surface area (Å²) < 4.78 is 0. The third-order valence-electron chi connectivity index (χ3n) is 2.44. The number of hydrogen-bond acceptors (Lipinski definition) is 2. The molecule has 0 fully saturated rings. The minimum atomic E-state index is 0.430. The van der Waals surface area contributed by atoms with Crippen molar-refractivity contribution in [3.05, 3.63) is 29.8 Å². The Morgan fingerprint density at radius 3 is 2.80 bits per heavy atom. The summed E-state index contributed by atoms with van der Waals surface area (Å²) in [6.45, 7) is 4.35. The molecule has 1 N–H and O–H groups in total. The maximum Gasteiger partial charge on any atom is 0.101 e. The normalized spacial score (nSPS) is 11.8. The fourth-order valence-corrected chi connectivity index (χ4v) is 1.55. The van der Waals surface area contributed by atoms with Crippen LogP contribution in [0.1, 0.15) is 38.7 Å². The predicted molar refractivity (Wildman–Crippen MR) is 63.8 cm³/mol. The van der Waals surface area contributed by atoms with E-state index < -0.39 is 0 Å². The zero-order valence-corrected chi connectivity index (χ0v) is 9.46. The number of unbranched alkanes of at least 4 members (excludes halogenated alkanes) is 1. The first-order valence-corrected chi connectivity index (χ1v) is 5.53. The second-order valence-electron chi connectivity index (χ2n) is 3.85. The summed E-state index contributed by atoms with van der Waals surface area (Å²) in [5, 5.41) is 12.3. The molecule has 1 unspecified atom stereocenters. The third-order valence-corrected chi connectivity index (χ3v) is 2.44. The highest BCUT2D eigenvalue weighted by Crippen LogP contribution is 2.16. The van der Waals surface area contributed by atoms with Gasteiger partial charge in [-0.2, -0.15) is 5.26 Å². The first-order chi connectivity index (χ1) is 7.27. The molecule has 2 nitrogen and oxygen atoms in total. The van der Waals surface area contributed by atoms with Crippen molar-refractivity contribution in [3.63, 3.8) is 0 Å². The SMILES string of the molecule is CCCCC(C)Nc1ccccc1C#N. The first kappa shape index (κ1) is 11.6. The molecule has 0 heterocycles. The number of rotatable bonds is 5. The van der Waals surface area contributed by atoms with Crippen molar-refractivity contribution in [2.75, 3.05) is 5.32 Å². The van der Waals surface area contributed by atoms with E-state index in [9.17, 15) is 0 Å². The molecular formula is C13H18N2. The molecule has 0 amide bonds. The number of nitriles is 1. The largest absolute Gasteiger partial charge is 0.382 e. The standard InChI is InChI=1S/C13H18N2/c1-3-4-7-11(2)15-13-9-6-5-8-12(13)10-14/h5-6,8-9,11,15H,3-4,7H2,1-2H3. The van der Waals surface area contributed by atoms with Gasteiger partial charge in [-0.05, 0) is 25.5 Å². The van der Waals surface area contributed by atoms with Crippen molar-refractivity contribution >= 4 is 5.69 Å². The summed E-state index contributed by atoms with van der Waals surface area (Å²) in [4.78, 5) is 0. The molecule has 1 atom stereocenters. The van der Waals surface area contributed by atoms with Gasteiger partial charge in [-0.25, -0.2) is 0 Å². The van der Waals surface area contributed by atoms with Gasteiger partial charge in [0.1, 0.15) is 6.07 Å². The van der Waals surface area contributed by atoms with Crippen LogP contribution in [0.5, 0.6) is 0 Å². The zero-order valence-electron chi connectivity index (χ0n) is 9.46. The van der Waals surface area contributed by atoms with Crippen LogP contribution in [0.4, 0.5) is 5.69 Å². The minimum absolute atomic E-state index is 0.430. The van der Waals surface area contributed by atoms with Gasteiger partial charge in [0, 0.05) is 6.04 Å². The van der Waals surface area contributed by atoms with Gasteiger partial charge >= 0.3 is 0 Å². The Balaban J connectivity index is 2.60. The smallest absolute Gasteiger partial charge is 0.101 e. The summed E-state index contributed by atoms with van der Waals surface area (Å²) in [6, 6.07) is 10.3. The van der Waals surface area contributed by atoms with Crippen molar-refractivity contribution in [1.29, 1.82) is 5.26 Å². The van der Waals surface area contributed by atoms with Gasteiger partial charge in [-0.3, -0.25) is 0 Å². The molecule has 1 rings (SSSR count). The highest BCUT2D eigenvalue weighted by molar-refractivity contribution is 5.57. The Morgan fingerprint density at radius 2 is 2.13 bits per heavy atom. The van der Waals surface area contributed by atoms with Crippen molar-refractivity contribution in [2.24, 2.45) is 0 Å². The molecule has 0 bridgehead atoms. The van der Waals surface area contributed by atoms with E-state index in [0.717, 1.165) is 17.7 Å². The van der Waals surface area contributed by atoms with Gasteiger partial charge in [0.2, 0.25) is 0 Å². The van der Waals surface area contributed by atoms with E-state index in [0.29, 0.717) is 6.04 Å². The molecule has 0 saturated carbocycles. The highest BCUT2D eigenvalue weighted by atomic mass is 14.9. The van der Waals surface area contributed by atoms with Crippen LogP contribution in [0.25, 0.3) is 0 Å². The number of nitrogens with zero attached hydrogens (tertiary/aromatic N) is 1. The number of hydrogen-bond donors (Lipinski definition) is 1. The fourth-order valence-electron chi connectivity index (χ4n) is 1.55. The lowest BCUT2D eigenvalue weighted by Gasteiger charge is -2.15. The van der Waals surface area contributed by atoms with E-state index in [-0.39, 0.29) is 0 Å². The molecule has 0 aromatic heterocycles. The van der Waals surface area contributed by atoms with Gasteiger partial charge < -0.3 is 5.32 Å². The minimum Gasteiger partial charge on any atom is -0.382 e. The molecule has 0 aliphatic rings. The lowest BCUT2D eigenvalue weighted by Crippen LogP contribution is -2.15. The van der Waals surface area contributed by atoms with Crippen molar-refractivity contribution in [1.82, 2.24) is 0 Å². The first-order valence-electron chi connectivity index (χ1n) is 5.53. The molecule has 15 heavy (non-hydrogen) atoms. The van der Waals surface area contributed by atoms with Gasteiger partial charge in [0.25, 0.3) is 0 Å². The van der Waals surface area contributed by atoms with Gasteiger partial charge in [-0.1, -0.05) is 31.9 Å². The van der Waals surface area contributed by atoms with E-state index >= 15 is 0 Å². The average Bonchev–Trinajstić information content (AvgIpc) is 2.27. The quantitative estimate of drug-likeness (QED) is 0.792. The van der Waals surface area contributed by atoms with Crippen LogP contribution in [0.2, 0.25) is 0 Å². The molecular weight excluding hydrogens is 184 g/mol. The Labute approximate surface area is 91.9 Å². The molecule has 80 valence electrons. The summed E-state index contributed by atoms with van der Waals surface area (Å²) >= 11 is 0. The maximum atomic E-state index is 8.92. The van der Waals surface area contributed by atoms with Crippen molar-refractivity contribution in [2.45, 2.75) is 39.2 Å². The number of para-hydroxylation sites is 1. The summed E-state index contributed by atoms with van der Waals surface area (Å²) in [6.07, 6.45) is 3.59. The van der Waals surface area contributed by atoms with Crippen molar-refractivity contribution in [3.8, 4) is 6.07 Å². The fraction of sp³-hybridized carbons (Fsp3) is 0.462. The lowest BCUT2D eigenvalue weighted by atomic mass is 10.1. The van der Waals surface area contributed by atoms with E-state index in [2.05, 4.69) is 25.2 Å². The Bertz CT molecular complexity index is 339. The average molecular weight is 202 g/mol. The molecule has 0 radical (unpaired) electrons. The molecule has 0 aliphatic heterocycles. The lowest BCUT2D eigenvalue weighted by molar-refractivity contribution is 0.645. The second kappa shape index (κ2) is 6.08. The Morgan fingerprint density at radius 1 is 1.40 bits per heavy atom.